The first kappa shape index (κ1) is 13.8. The van der Waals surface area contributed by atoms with Gasteiger partial charge in [0, 0.05) is 23.6 Å². The SMILES string of the molecule is CCn1c(=O)nc(-c2ccccc2)c2cc3c(cc21)OCCO3. The zero-order valence-electron chi connectivity index (χ0n) is 12.8. The molecule has 2 heterocycles. The molecule has 0 fully saturated rings. The van der Waals surface area contributed by atoms with Crippen LogP contribution in [0.15, 0.2) is 47.3 Å². The highest BCUT2D eigenvalue weighted by Gasteiger charge is 2.18. The van der Waals surface area contributed by atoms with Gasteiger partial charge in [-0.15, -0.1) is 0 Å². The average molecular weight is 308 g/mol. The van der Waals surface area contributed by atoms with Crippen LogP contribution < -0.4 is 15.2 Å². The van der Waals surface area contributed by atoms with Crippen molar-refractivity contribution in [2.45, 2.75) is 13.5 Å². The minimum absolute atomic E-state index is 0.254. The number of aromatic nitrogens is 2. The van der Waals surface area contributed by atoms with Crippen molar-refractivity contribution < 1.29 is 9.47 Å². The van der Waals surface area contributed by atoms with E-state index in [1.807, 2.05) is 49.4 Å². The quantitative estimate of drug-likeness (QED) is 0.730. The molecule has 116 valence electrons. The molecule has 1 aromatic heterocycles. The number of ether oxygens (including phenoxy) is 2. The Bertz CT molecular complexity index is 932. The topological polar surface area (TPSA) is 53.4 Å². The second-order valence-electron chi connectivity index (χ2n) is 5.37. The maximum absolute atomic E-state index is 12.4. The van der Waals surface area contributed by atoms with Gasteiger partial charge in [-0.1, -0.05) is 30.3 Å². The molecule has 23 heavy (non-hydrogen) atoms. The van der Waals surface area contributed by atoms with E-state index < -0.39 is 0 Å². The Morgan fingerprint density at radius 2 is 1.78 bits per heavy atom. The highest BCUT2D eigenvalue weighted by molar-refractivity contribution is 5.94. The van der Waals surface area contributed by atoms with Crippen LogP contribution in [0.3, 0.4) is 0 Å². The number of aryl methyl sites for hydroxylation is 1. The highest BCUT2D eigenvalue weighted by Crippen LogP contribution is 2.37. The maximum Gasteiger partial charge on any atom is 0.348 e. The second kappa shape index (κ2) is 5.43. The van der Waals surface area contributed by atoms with Gasteiger partial charge >= 0.3 is 5.69 Å². The van der Waals surface area contributed by atoms with E-state index in [0.717, 1.165) is 16.5 Å². The maximum atomic E-state index is 12.4. The van der Waals surface area contributed by atoms with Crippen LogP contribution in [0, 0.1) is 0 Å². The average Bonchev–Trinajstić information content (AvgIpc) is 2.60. The van der Waals surface area contributed by atoms with Crippen molar-refractivity contribution >= 4 is 10.9 Å². The number of benzene rings is 2. The molecule has 1 aliphatic heterocycles. The van der Waals surface area contributed by atoms with Crippen LogP contribution in [0.25, 0.3) is 22.2 Å². The summed E-state index contributed by atoms with van der Waals surface area (Å²) in [6.45, 7) is 3.53. The summed E-state index contributed by atoms with van der Waals surface area (Å²) in [6.07, 6.45) is 0. The van der Waals surface area contributed by atoms with Gasteiger partial charge in [-0.3, -0.25) is 4.57 Å². The first-order valence-electron chi connectivity index (χ1n) is 7.67. The summed E-state index contributed by atoms with van der Waals surface area (Å²) < 4.78 is 13.0. The second-order valence-corrected chi connectivity index (χ2v) is 5.37. The largest absolute Gasteiger partial charge is 0.486 e. The number of hydrogen-bond donors (Lipinski definition) is 0. The summed E-state index contributed by atoms with van der Waals surface area (Å²) in [5, 5.41) is 0.891. The lowest BCUT2D eigenvalue weighted by Crippen LogP contribution is -2.24. The Labute approximate surface area is 133 Å². The van der Waals surface area contributed by atoms with Crippen LogP contribution in [0.4, 0.5) is 0 Å². The molecule has 0 atom stereocenters. The minimum Gasteiger partial charge on any atom is -0.486 e. The van der Waals surface area contributed by atoms with Gasteiger partial charge in [0.05, 0.1) is 11.2 Å². The molecular formula is C18H16N2O3. The third-order valence-corrected chi connectivity index (χ3v) is 4.01. The third kappa shape index (κ3) is 2.25. The van der Waals surface area contributed by atoms with Gasteiger partial charge in [0.15, 0.2) is 11.5 Å². The summed E-state index contributed by atoms with van der Waals surface area (Å²) in [5.74, 6) is 1.37. The smallest absolute Gasteiger partial charge is 0.348 e. The Morgan fingerprint density at radius 1 is 1.09 bits per heavy atom. The summed E-state index contributed by atoms with van der Waals surface area (Å²) in [7, 11) is 0. The molecule has 0 amide bonds. The van der Waals surface area contributed by atoms with E-state index in [4.69, 9.17) is 9.47 Å². The number of rotatable bonds is 2. The van der Waals surface area contributed by atoms with Crippen LogP contribution in [0.2, 0.25) is 0 Å². The van der Waals surface area contributed by atoms with Gasteiger partial charge in [-0.05, 0) is 13.0 Å². The molecule has 0 unspecified atom stereocenters. The van der Waals surface area contributed by atoms with E-state index in [0.29, 0.717) is 37.0 Å². The van der Waals surface area contributed by atoms with Crippen molar-refractivity contribution in [2.75, 3.05) is 13.2 Å². The van der Waals surface area contributed by atoms with Crippen molar-refractivity contribution in [3.63, 3.8) is 0 Å². The van der Waals surface area contributed by atoms with Gasteiger partial charge in [0.25, 0.3) is 0 Å². The van der Waals surface area contributed by atoms with Crippen molar-refractivity contribution in [2.24, 2.45) is 0 Å². The van der Waals surface area contributed by atoms with Crippen molar-refractivity contribution in [3.8, 4) is 22.8 Å². The molecule has 0 spiro atoms. The minimum atomic E-state index is -0.254. The highest BCUT2D eigenvalue weighted by atomic mass is 16.6. The molecular weight excluding hydrogens is 292 g/mol. The molecule has 1 aliphatic rings. The molecule has 0 radical (unpaired) electrons. The van der Waals surface area contributed by atoms with E-state index in [1.165, 1.54) is 0 Å². The molecule has 0 aliphatic carbocycles. The van der Waals surface area contributed by atoms with Crippen molar-refractivity contribution in [3.05, 3.63) is 52.9 Å². The normalized spacial score (nSPS) is 13.3. The third-order valence-electron chi connectivity index (χ3n) is 4.01. The Hall–Kier alpha value is -2.82. The molecule has 4 rings (SSSR count). The molecule has 5 nitrogen and oxygen atoms in total. The first-order chi connectivity index (χ1) is 11.3. The van der Waals surface area contributed by atoms with E-state index >= 15 is 0 Å². The number of hydrogen-bond acceptors (Lipinski definition) is 4. The van der Waals surface area contributed by atoms with E-state index in [-0.39, 0.29) is 5.69 Å². The Morgan fingerprint density at radius 3 is 2.48 bits per heavy atom. The van der Waals surface area contributed by atoms with Gasteiger partial charge in [-0.25, -0.2) is 4.79 Å². The molecule has 0 saturated heterocycles. The fraction of sp³-hybridized carbons (Fsp3) is 0.222. The monoisotopic (exact) mass is 308 g/mol. The Balaban J connectivity index is 2.09. The molecule has 2 aromatic carbocycles. The Kier molecular flexibility index (Phi) is 3.26. The lowest BCUT2D eigenvalue weighted by Gasteiger charge is -2.20. The van der Waals surface area contributed by atoms with Crippen molar-refractivity contribution in [1.82, 2.24) is 9.55 Å². The van der Waals surface area contributed by atoms with Crippen LogP contribution in [-0.2, 0) is 6.54 Å². The van der Waals surface area contributed by atoms with Gasteiger partial charge in [0.2, 0.25) is 0 Å². The van der Waals surface area contributed by atoms with Gasteiger partial charge < -0.3 is 9.47 Å². The van der Waals surface area contributed by atoms with E-state index in [2.05, 4.69) is 4.98 Å². The lowest BCUT2D eigenvalue weighted by atomic mass is 10.1. The number of fused-ring (bicyclic) bond motifs is 2. The van der Waals surface area contributed by atoms with E-state index in [1.54, 1.807) is 4.57 Å². The summed E-state index contributed by atoms with van der Waals surface area (Å²) in [4.78, 5) is 16.7. The summed E-state index contributed by atoms with van der Waals surface area (Å²) in [5.41, 5.74) is 2.15. The zero-order valence-corrected chi connectivity index (χ0v) is 12.8. The van der Waals surface area contributed by atoms with Crippen LogP contribution in [0.1, 0.15) is 6.92 Å². The van der Waals surface area contributed by atoms with Crippen LogP contribution in [-0.4, -0.2) is 22.8 Å². The predicted molar refractivity (Wildman–Crippen MR) is 88.1 cm³/mol. The molecule has 0 saturated carbocycles. The van der Waals surface area contributed by atoms with Gasteiger partial charge in [-0.2, -0.15) is 4.98 Å². The molecule has 3 aromatic rings. The van der Waals surface area contributed by atoms with Crippen LogP contribution in [0.5, 0.6) is 11.5 Å². The molecule has 0 N–H and O–H groups in total. The lowest BCUT2D eigenvalue weighted by molar-refractivity contribution is 0.172. The zero-order chi connectivity index (χ0) is 15.8. The predicted octanol–water partition coefficient (Wildman–Crippen LogP) is 2.85. The first-order valence-corrected chi connectivity index (χ1v) is 7.67. The van der Waals surface area contributed by atoms with Crippen molar-refractivity contribution in [1.29, 1.82) is 0 Å². The fourth-order valence-corrected chi connectivity index (χ4v) is 2.93. The van der Waals surface area contributed by atoms with Gasteiger partial charge in [0.1, 0.15) is 13.2 Å². The number of nitrogens with zero attached hydrogens (tertiary/aromatic N) is 2. The van der Waals surface area contributed by atoms with Crippen LogP contribution >= 0.6 is 0 Å². The fourth-order valence-electron chi connectivity index (χ4n) is 2.93. The summed E-state index contributed by atoms with van der Waals surface area (Å²) >= 11 is 0. The molecule has 0 bridgehead atoms. The standard InChI is InChI=1S/C18H16N2O3/c1-2-20-14-11-16-15(22-8-9-23-16)10-13(14)17(19-18(20)21)12-6-4-3-5-7-12/h3-7,10-11H,2,8-9H2,1H3. The molecule has 5 heteroatoms. The summed E-state index contributed by atoms with van der Waals surface area (Å²) in [6, 6.07) is 13.5. The van der Waals surface area contributed by atoms with E-state index in [9.17, 15) is 4.79 Å².